The van der Waals surface area contributed by atoms with Crippen molar-refractivity contribution in [1.29, 1.82) is 10.5 Å². The lowest BCUT2D eigenvalue weighted by Crippen LogP contribution is -2.37. The van der Waals surface area contributed by atoms with Gasteiger partial charge in [0.05, 0.1) is 18.7 Å². The van der Waals surface area contributed by atoms with Gasteiger partial charge in [0.25, 0.3) is 0 Å². The van der Waals surface area contributed by atoms with Crippen LogP contribution in [0.15, 0.2) is 4.99 Å². The number of thioether (sulfide) groups is 1. The Kier molecular flexibility index (Phi) is 3.90. The first kappa shape index (κ1) is 16.6. The van der Waals surface area contributed by atoms with Crippen molar-refractivity contribution in [2.75, 3.05) is 12.4 Å². The molecular formula is C17H24N4OS. The van der Waals surface area contributed by atoms with E-state index in [1.807, 2.05) is 0 Å². The van der Waals surface area contributed by atoms with Gasteiger partial charge in [0.15, 0.2) is 5.41 Å². The molecule has 0 bridgehead atoms. The summed E-state index contributed by atoms with van der Waals surface area (Å²) in [5.74, 6) is 1.11. The van der Waals surface area contributed by atoms with Gasteiger partial charge in [-0.2, -0.15) is 10.5 Å². The molecule has 0 aromatic carbocycles. The first-order valence-electron chi connectivity index (χ1n) is 8.54. The molecule has 1 spiro atoms. The van der Waals surface area contributed by atoms with Crippen molar-refractivity contribution in [3.63, 3.8) is 0 Å². The van der Waals surface area contributed by atoms with Crippen LogP contribution in [-0.4, -0.2) is 23.3 Å². The largest absolute Gasteiger partial charge is 0.386 e. The van der Waals surface area contributed by atoms with E-state index in [4.69, 9.17) is 10.5 Å². The quantitative estimate of drug-likeness (QED) is 0.806. The van der Waals surface area contributed by atoms with Gasteiger partial charge in [-0.25, -0.2) is 4.99 Å². The van der Waals surface area contributed by atoms with Gasteiger partial charge in [-0.15, -0.1) is 0 Å². The molecule has 0 unspecified atom stereocenters. The predicted octanol–water partition coefficient (Wildman–Crippen LogP) is 3.17. The average Bonchev–Trinajstić information content (AvgIpc) is 2.81. The molecule has 3 aliphatic rings. The fourth-order valence-corrected chi connectivity index (χ4v) is 6.40. The van der Waals surface area contributed by atoms with Gasteiger partial charge in [-0.3, -0.25) is 0 Å². The Bertz CT molecular complexity index is 605. The lowest BCUT2D eigenvalue weighted by Gasteiger charge is -2.31. The minimum absolute atomic E-state index is 0.322. The van der Waals surface area contributed by atoms with E-state index < -0.39 is 21.3 Å². The molecule has 2 aliphatic heterocycles. The zero-order chi connectivity index (χ0) is 16.8. The lowest BCUT2D eigenvalue weighted by molar-refractivity contribution is 0.00484. The second-order valence-electron chi connectivity index (χ2n) is 6.79. The van der Waals surface area contributed by atoms with Gasteiger partial charge in [0.1, 0.15) is 11.3 Å². The van der Waals surface area contributed by atoms with Gasteiger partial charge < -0.3 is 10.5 Å². The average molecular weight is 332 g/mol. The smallest absolute Gasteiger partial charge is 0.230 e. The van der Waals surface area contributed by atoms with Gasteiger partial charge in [-0.1, -0.05) is 51.3 Å². The summed E-state index contributed by atoms with van der Waals surface area (Å²) in [7, 11) is 0. The van der Waals surface area contributed by atoms with Gasteiger partial charge in [0.2, 0.25) is 5.06 Å². The maximum Gasteiger partial charge on any atom is 0.230 e. The minimum Gasteiger partial charge on any atom is -0.386 e. The van der Waals surface area contributed by atoms with E-state index in [0.29, 0.717) is 12.4 Å². The first-order chi connectivity index (χ1) is 11.1. The Morgan fingerprint density at radius 1 is 1.22 bits per heavy atom. The summed E-state index contributed by atoms with van der Waals surface area (Å²) in [5.41, 5.74) is 3.96. The summed E-state index contributed by atoms with van der Waals surface area (Å²) in [6.45, 7) is 4.83. The number of nitrogens with two attached hydrogens (primary N) is 1. The first-order valence-corrected chi connectivity index (χ1v) is 9.53. The Balaban J connectivity index is 2.15. The molecule has 3 atom stereocenters. The molecule has 3 rings (SSSR count). The van der Waals surface area contributed by atoms with Crippen molar-refractivity contribution in [1.82, 2.24) is 0 Å². The highest BCUT2D eigenvalue weighted by Crippen LogP contribution is 2.90. The molecule has 23 heavy (non-hydrogen) atoms. The Morgan fingerprint density at radius 3 is 2.30 bits per heavy atom. The zero-order valence-electron chi connectivity index (χ0n) is 13.9. The molecule has 0 aromatic rings. The van der Waals surface area contributed by atoms with Crippen molar-refractivity contribution in [2.24, 2.45) is 27.0 Å². The number of rotatable bonds is 6. The normalized spacial score (nSPS) is 39.6. The maximum absolute atomic E-state index is 10.2. The molecule has 2 N–H and O–H groups in total. The number of nitriles is 2. The third-order valence-electron chi connectivity index (χ3n) is 5.99. The maximum atomic E-state index is 10.2. The highest BCUT2D eigenvalue weighted by atomic mass is 32.2. The predicted molar refractivity (Wildman–Crippen MR) is 90.3 cm³/mol. The third-order valence-corrected chi connectivity index (χ3v) is 7.27. The fraction of sp³-hybridized carbons (Fsp3) is 0.824. The molecule has 0 amide bonds. The molecule has 1 saturated heterocycles. The minimum atomic E-state index is -0.976. The molecule has 0 radical (unpaired) electrons. The Hall–Kier alpha value is -1.24. The summed E-state index contributed by atoms with van der Waals surface area (Å²) >= 11 is 1.55. The topological polar surface area (TPSA) is 95.2 Å². The van der Waals surface area contributed by atoms with Crippen LogP contribution in [0.2, 0.25) is 0 Å². The van der Waals surface area contributed by atoms with Crippen molar-refractivity contribution in [2.45, 2.75) is 57.4 Å². The summed E-state index contributed by atoms with van der Waals surface area (Å²) in [6.07, 6.45) is 5.73. The molecule has 0 aromatic heterocycles. The molecule has 6 heteroatoms. The van der Waals surface area contributed by atoms with E-state index in [1.54, 1.807) is 11.8 Å². The van der Waals surface area contributed by atoms with Gasteiger partial charge in [-0.05, 0) is 12.8 Å². The summed E-state index contributed by atoms with van der Waals surface area (Å²) in [6, 6.07) is 4.96. The van der Waals surface area contributed by atoms with Crippen LogP contribution in [0.1, 0.15) is 52.4 Å². The van der Waals surface area contributed by atoms with E-state index in [2.05, 4.69) is 31.0 Å². The van der Waals surface area contributed by atoms with Crippen molar-refractivity contribution >= 4 is 17.6 Å². The van der Waals surface area contributed by atoms with E-state index in [9.17, 15) is 10.5 Å². The number of aliphatic imine (C=N–C) groups is 1. The number of amidine groups is 1. The van der Waals surface area contributed by atoms with Crippen LogP contribution in [0.3, 0.4) is 0 Å². The number of hydrogen-bond acceptors (Lipinski definition) is 6. The highest BCUT2D eigenvalue weighted by molar-refractivity contribution is 8.00. The van der Waals surface area contributed by atoms with E-state index in [-0.39, 0.29) is 0 Å². The molecule has 1 aliphatic carbocycles. The monoisotopic (exact) mass is 332 g/mol. The highest BCUT2D eigenvalue weighted by Gasteiger charge is 2.99. The summed E-state index contributed by atoms with van der Waals surface area (Å²) in [5, 5.41) is 19.3. The Labute approximate surface area is 142 Å². The fourth-order valence-electron chi connectivity index (χ4n) is 5.02. The number of nitrogens with zero attached hydrogens (tertiary/aromatic N) is 3. The van der Waals surface area contributed by atoms with Crippen LogP contribution < -0.4 is 5.73 Å². The summed E-state index contributed by atoms with van der Waals surface area (Å²) < 4.78 is 5.98. The van der Waals surface area contributed by atoms with Crippen molar-refractivity contribution in [3.8, 4) is 12.1 Å². The van der Waals surface area contributed by atoms with E-state index in [0.717, 1.165) is 44.3 Å². The molecular weight excluding hydrogens is 308 g/mol. The van der Waals surface area contributed by atoms with Crippen molar-refractivity contribution in [3.05, 3.63) is 0 Å². The second-order valence-corrected chi connectivity index (χ2v) is 8.04. The molecule has 2 fully saturated rings. The van der Waals surface area contributed by atoms with E-state index >= 15 is 0 Å². The second kappa shape index (κ2) is 5.40. The zero-order valence-corrected chi connectivity index (χ0v) is 14.7. The SMILES string of the molecule is CCCCC1(CCCC)[C@@]2(C#N)[C@@]3(N=C(N)[C@@]12C#N)OCCS3. The number of fused-ring (bicyclic) bond motifs is 2. The molecule has 124 valence electrons. The summed E-state index contributed by atoms with van der Waals surface area (Å²) in [4.78, 5) is 4.54. The number of ether oxygens (including phenoxy) is 1. The van der Waals surface area contributed by atoms with Crippen LogP contribution in [0, 0.1) is 38.9 Å². The molecule has 5 nitrogen and oxygen atoms in total. The standard InChI is InChI=1S/C17H24N4OS/c1-3-5-7-14(8-6-4-2)15(11-18)13(20)21-17(16(14,15)12-19)22-9-10-23-17/h3-10H2,1-2H3,(H2,20,21)/t15-,16+,17+/m0/s1. The van der Waals surface area contributed by atoms with Crippen LogP contribution >= 0.6 is 11.8 Å². The number of hydrogen-bond donors (Lipinski definition) is 1. The number of unbranched alkanes of at least 4 members (excludes halogenated alkanes) is 2. The van der Waals surface area contributed by atoms with Gasteiger partial charge in [0, 0.05) is 11.2 Å². The van der Waals surface area contributed by atoms with Gasteiger partial charge >= 0.3 is 0 Å². The lowest BCUT2D eigenvalue weighted by atomic mass is 9.81. The molecule has 1 saturated carbocycles. The van der Waals surface area contributed by atoms with Crippen LogP contribution in [0.4, 0.5) is 0 Å². The Morgan fingerprint density at radius 2 is 1.87 bits per heavy atom. The van der Waals surface area contributed by atoms with Crippen LogP contribution in [0.5, 0.6) is 0 Å². The van der Waals surface area contributed by atoms with Crippen LogP contribution in [0.25, 0.3) is 0 Å². The molecule has 2 heterocycles. The third kappa shape index (κ3) is 1.55. The van der Waals surface area contributed by atoms with E-state index in [1.165, 1.54) is 0 Å². The van der Waals surface area contributed by atoms with Crippen LogP contribution in [-0.2, 0) is 4.74 Å². The van der Waals surface area contributed by atoms with Crippen molar-refractivity contribution < 1.29 is 4.74 Å².